The van der Waals surface area contributed by atoms with Gasteiger partial charge < -0.3 is 10.5 Å². The van der Waals surface area contributed by atoms with Crippen LogP contribution in [0.4, 0.5) is 0 Å². The van der Waals surface area contributed by atoms with Gasteiger partial charge in [0.2, 0.25) is 5.88 Å². The molecule has 2 aromatic rings. The molecule has 0 atom stereocenters. The number of hydrogen-bond donors (Lipinski definition) is 1. The van der Waals surface area contributed by atoms with Gasteiger partial charge in [-0.1, -0.05) is 17.7 Å². The summed E-state index contributed by atoms with van der Waals surface area (Å²) >= 11 is 6.11. The van der Waals surface area contributed by atoms with Gasteiger partial charge in [-0.15, -0.1) is 0 Å². The largest absolute Gasteiger partial charge is 0.476 e. The topological polar surface area (TPSA) is 61.0 Å². The quantitative estimate of drug-likeness (QED) is 0.898. The molecule has 18 heavy (non-hydrogen) atoms. The van der Waals surface area contributed by atoms with Crippen LogP contribution in [0.25, 0.3) is 0 Å². The van der Waals surface area contributed by atoms with Crippen LogP contribution >= 0.6 is 11.6 Å². The normalized spacial score (nSPS) is 10.3. The van der Waals surface area contributed by atoms with Crippen molar-refractivity contribution < 1.29 is 4.74 Å². The van der Waals surface area contributed by atoms with Crippen LogP contribution in [0.15, 0.2) is 36.7 Å². The average Bonchev–Trinajstić information content (AvgIpc) is 2.42. The summed E-state index contributed by atoms with van der Waals surface area (Å²) in [5.74, 6) is 0.426. The van der Waals surface area contributed by atoms with Crippen molar-refractivity contribution in [2.24, 2.45) is 5.73 Å². The molecule has 0 saturated heterocycles. The van der Waals surface area contributed by atoms with Crippen molar-refractivity contribution in [3.8, 4) is 5.88 Å². The lowest BCUT2D eigenvalue weighted by Gasteiger charge is -2.08. The van der Waals surface area contributed by atoms with Crippen molar-refractivity contribution in [3.05, 3.63) is 52.9 Å². The summed E-state index contributed by atoms with van der Waals surface area (Å²) in [6.07, 6.45) is 4.12. The minimum atomic E-state index is 0.373. The van der Waals surface area contributed by atoms with Crippen molar-refractivity contribution in [1.29, 1.82) is 0 Å². The second-order valence-corrected chi connectivity index (χ2v) is 4.09. The van der Waals surface area contributed by atoms with Crippen molar-refractivity contribution in [3.63, 3.8) is 0 Å². The number of nitrogens with zero attached hydrogens (tertiary/aromatic N) is 2. The Kier molecular flexibility index (Phi) is 4.50. The van der Waals surface area contributed by atoms with E-state index in [0.717, 1.165) is 11.3 Å². The second kappa shape index (κ2) is 6.33. The van der Waals surface area contributed by atoms with Crippen molar-refractivity contribution in [2.45, 2.75) is 13.0 Å². The highest BCUT2D eigenvalue weighted by Gasteiger charge is 2.07. The first kappa shape index (κ1) is 12.8. The molecule has 0 spiro atoms. The van der Waals surface area contributed by atoms with Gasteiger partial charge >= 0.3 is 0 Å². The fraction of sp³-hybridized carbons (Fsp3) is 0.231. The Morgan fingerprint density at radius 2 is 2.06 bits per heavy atom. The van der Waals surface area contributed by atoms with Crippen LogP contribution < -0.4 is 10.5 Å². The Morgan fingerprint density at radius 1 is 1.17 bits per heavy atom. The van der Waals surface area contributed by atoms with Crippen LogP contribution in [0.2, 0.25) is 5.02 Å². The van der Waals surface area contributed by atoms with E-state index >= 15 is 0 Å². The van der Waals surface area contributed by atoms with Crippen LogP contribution in [0.5, 0.6) is 5.88 Å². The number of hydrogen-bond acceptors (Lipinski definition) is 4. The van der Waals surface area contributed by atoms with E-state index < -0.39 is 0 Å². The zero-order valence-corrected chi connectivity index (χ0v) is 10.6. The Bertz CT molecular complexity index is 505. The lowest BCUT2D eigenvalue weighted by molar-refractivity contribution is 0.308. The summed E-state index contributed by atoms with van der Waals surface area (Å²) < 4.78 is 5.54. The number of aromatic nitrogens is 2. The van der Waals surface area contributed by atoms with Gasteiger partial charge in [-0.2, -0.15) is 0 Å². The number of pyridine rings is 2. The molecule has 4 nitrogen and oxygen atoms in total. The van der Waals surface area contributed by atoms with Crippen molar-refractivity contribution in [1.82, 2.24) is 9.97 Å². The minimum Gasteiger partial charge on any atom is -0.476 e. The Labute approximate surface area is 111 Å². The van der Waals surface area contributed by atoms with Gasteiger partial charge in [-0.05, 0) is 23.8 Å². The summed E-state index contributed by atoms with van der Waals surface area (Å²) in [6, 6.07) is 7.57. The van der Waals surface area contributed by atoms with Crippen molar-refractivity contribution in [2.75, 3.05) is 6.61 Å². The summed E-state index contributed by atoms with van der Waals surface area (Å²) in [6.45, 7) is 0.857. The van der Waals surface area contributed by atoms with Crippen LogP contribution in [-0.2, 0) is 13.0 Å². The molecule has 5 heteroatoms. The maximum absolute atomic E-state index is 6.11. The lowest BCUT2D eigenvalue weighted by atomic mass is 10.2. The number of halogens is 1. The van der Waals surface area contributed by atoms with E-state index in [0.29, 0.717) is 30.5 Å². The highest BCUT2D eigenvalue weighted by Crippen LogP contribution is 2.25. The lowest BCUT2D eigenvalue weighted by Crippen LogP contribution is -2.06. The minimum absolute atomic E-state index is 0.373. The zero-order chi connectivity index (χ0) is 12.8. The van der Waals surface area contributed by atoms with E-state index in [-0.39, 0.29) is 0 Å². The molecule has 0 amide bonds. The molecule has 0 aliphatic rings. The third-order valence-electron chi connectivity index (χ3n) is 2.48. The molecule has 0 bridgehead atoms. The van der Waals surface area contributed by atoms with Crippen LogP contribution in [0, 0.1) is 0 Å². The van der Waals surface area contributed by atoms with E-state index in [4.69, 9.17) is 22.1 Å². The smallest absolute Gasteiger partial charge is 0.232 e. The van der Waals surface area contributed by atoms with Gasteiger partial charge in [0.25, 0.3) is 0 Å². The van der Waals surface area contributed by atoms with Crippen LogP contribution in [0.3, 0.4) is 0 Å². The fourth-order valence-corrected chi connectivity index (χ4v) is 1.76. The third-order valence-corrected chi connectivity index (χ3v) is 2.88. The third kappa shape index (κ3) is 3.18. The fourth-order valence-electron chi connectivity index (χ4n) is 1.52. The number of ether oxygens (including phenoxy) is 1. The first-order valence-corrected chi connectivity index (χ1v) is 6.05. The molecule has 0 aliphatic carbocycles. The summed E-state index contributed by atoms with van der Waals surface area (Å²) in [7, 11) is 0. The summed E-state index contributed by atoms with van der Waals surface area (Å²) in [5, 5.41) is 0.487. The molecule has 0 radical (unpaired) electrons. The molecule has 0 unspecified atom stereocenters. The van der Waals surface area contributed by atoms with Crippen molar-refractivity contribution >= 4 is 11.6 Å². The van der Waals surface area contributed by atoms with Gasteiger partial charge in [-0.25, -0.2) is 4.98 Å². The van der Waals surface area contributed by atoms with E-state index in [1.54, 1.807) is 18.5 Å². The maximum atomic E-state index is 6.11. The predicted octanol–water partition coefficient (Wildman–Crippen LogP) is 2.21. The van der Waals surface area contributed by atoms with E-state index in [2.05, 4.69) is 9.97 Å². The molecule has 2 N–H and O–H groups in total. The highest BCUT2D eigenvalue weighted by atomic mass is 35.5. The van der Waals surface area contributed by atoms with E-state index in [1.807, 2.05) is 18.2 Å². The van der Waals surface area contributed by atoms with E-state index in [9.17, 15) is 0 Å². The molecule has 2 rings (SSSR count). The van der Waals surface area contributed by atoms with Crippen LogP contribution in [0.1, 0.15) is 11.3 Å². The molecule has 0 aromatic carbocycles. The maximum Gasteiger partial charge on any atom is 0.232 e. The first-order valence-electron chi connectivity index (χ1n) is 5.67. The number of rotatable bonds is 5. The van der Waals surface area contributed by atoms with Gasteiger partial charge in [0.15, 0.2) is 0 Å². The molecule has 0 saturated carbocycles. The van der Waals surface area contributed by atoms with Crippen LogP contribution in [-0.4, -0.2) is 16.6 Å². The van der Waals surface area contributed by atoms with Gasteiger partial charge in [0.1, 0.15) is 5.02 Å². The molecular formula is C13H14ClN3O. The summed E-state index contributed by atoms with van der Waals surface area (Å²) in [4.78, 5) is 8.30. The molecular weight excluding hydrogens is 250 g/mol. The number of nitrogens with two attached hydrogens (primary N) is 1. The standard InChI is InChI=1S/C13H14ClN3O/c14-12-10(9-15)4-7-17-13(12)18-8-5-11-3-1-2-6-16-11/h1-4,6-7H,5,8-9,15H2. The average molecular weight is 264 g/mol. The van der Waals surface area contributed by atoms with Gasteiger partial charge in [0, 0.05) is 31.1 Å². The summed E-state index contributed by atoms with van der Waals surface area (Å²) in [5.41, 5.74) is 7.37. The van der Waals surface area contributed by atoms with E-state index in [1.165, 1.54) is 0 Å². The Morgan fingerprint density at radius 3 is 2.78 bits per heavy atom. The monoisotopic (exact) mass is 263 g/mol. The first-order chi connectivity index (χ1) is 8.81. The van der Waals surface area contributed by atoms with Gasteiger partial charge in [-0.3, -0.25) is 4.98 Å². The molecule has 0 fully saturated rings. The zero-order valence-electron chi connectivity index (χ0n) is 9.84. The molecule has 94 valence electrons. The molecule has 2 aromatic heterocycles. The second-order valence-electron chi connectivity index (χ2n) is 3.71. The molecule has 0 aliphatic heterocycles. The Hall–Kier alpha value is -1.65. The Balaban J connectivity index is 1.95. The molecule has 2 heterocycles. The predicted molar refractivity (Wildman–Crippen MR) is 70.6 cm³/mol. The SMILES string of the molecule is NCc1ccnc(OCCc2ccccn2)c1Cl. The highest BCUT2D eigenvalue weighted by molar-refractivity contribution is 6.32. The van der Waals surface area contributed by atoms with Gasteiger partial charge in [0.05, 0.1) is 6.61 Å².